The molecule has 1 aromatic carbocycles. The van der Waals surface area contributed by atoms with E-state index in [0.717, 1.165) is 12.5 Å². The second-order valence-corrected chi connectivity index (χ2v) is 4.93. The molecule has 1 fully saturated rings. The van der Waals surface area contributed by atoms with Crippen LogP contribution in [0.4, 0.5) is 5.69 Å². The molecule has 2 nitrogen and oxygen atoms in total. The number of benzene rings is 1. The molecular weight excluding hydrogens is 208 g/mol. The number of nitrogens with one attached hydrogen (secondary N) is 1. The van der Waals surface area contributed by atoms with Crippen molar-refractivity contribution in [3.8, 4) is 0 Å². The van der Waals surface area contributed by atoms with Crippen LogP contribution in [-0.2, 0) is 0 Å². The molecule has 1 aliphatic rings. The number of fused-ring (bicyclic) bond motifs is 1. The molecule has 0 amide bonds. The van der Waals surface area contributed by atoms with E-state index in [0.29, 0.717) is 0 Å². The van der Waals surface area contributed by atoms with E-state index >= 15 is 0 Å². The molecule has 0 saturated heterocycles. The highest BCUT2D eigenvalue weighted by Crippen LogP contribution is 2.27. The molecular formula is C15H18N2. The van der Waals surface area contributed by atoms with Gasteiger partial charge in [-0.1, -0.05) is 25.0 Å². The smallest absolute Gasteiger partial charge is 0.0421 e. The van der Waals surface area contributed by atoms with E-state index in [1.165, 1.54) is 42.1 Å². The van der Waals surface area contributed by atoms with E-state index in [2.05, 4.69) is 34.6 Å². The van der Waals surface area contributed by atoms with Crippen LogP contribution in [-0.4, -0.2) is 11.5 Å². The predicted molar refractivity (Wildman–Crippen MR) is 72.2 cm³/mol. The van der Waals surface area contributed by atoms with Gasteiger partial charge >= 0.3 is 0 Å². The summed E-state index contributed by atoms with van der Waals surface area (Å²) >= 11 is 0. The van der Waals surface area contributed by atoms with Gasteiger partial charge in [0.15, 0.2) is 0 Å². The largest absolute Gasteiger partial charge is 0.384 e. The average Bonchev–Trinajstić information content (AvgIpc) is 2.89. The molecule has 1 saturated carbocycles. The maximum Gasteiger partial charge on any atom is 0.0421 e. The average molecular weight is 226 g/mol. The Kier molecular flexibility index (Phi) is 2.95. The molecule has 2 heteroatoms. The molecule has 88 valence electrons. The molecule has 0 aliphatic heterocycles. The molecule has 1 heterocycles. The summed E-state index contributed by atoms with van der Waals surface area (Å²) in [6.45, 7) is 1.11. The van der Waals surface area contributed by atoms with E-state index in [1.54, 1.807) is 0 Å². The van der Waals surface area contributed by atoms with Crippen molar-refractivity contribution in [2.75, 3.05) is 11.9 Å². The summed E-state index contributed by atoms with van der Waals surface area (Å²) in [5.74, 6) is 0.868. The summed E-state index contributed by atoms with van der Waals surface area (Å²) in [4.78, 5) is 4.16. The molecule has 0 unspecified atom stereocenters. The highest BCUT2D eigenvalue weighted by atomic mass is 14.9. The fraction of sp³-hybridized carbons (Fsp3) is 0.400. The third-order valence-corrected chi connectivity index (χ3v) is 3.74. The van der Waals surface area contributed by atoms with Crippen LogP contribution in [0.2, 0.25) is 0 Å². The Balaban J connectivity index is 1.79. The number of pyridine rings is 1. The van der Waals surface area contributed by atoms with Crippen LogP contribution in [0.25, 0.3) is 10.8 Å². The number of aromatic nitrogens is 1. The third-order valence-electron chi connectivity index (χ3n) is 3.74. The van der Waals surface area contributed by atoms with Crippen LogP contribution in [0, 0.1) is 5.92 Å². The van der Waals surface area contributed by atoms with Gasteiger partial charge in [0.1, 0.15) is 0 Å². The minimum Gasteiger partial charge on any atom is -0.384 e. The van der Waals surface area contributed by atoms with Crippen LogP contribution >= 0.6 is 0 Å². The van der Waals surface area contributed by atoms with Gasteiger partial charge in [-0.2, -0.15) is 0 Å². The fourth-order valence-corrected chi connectivity index (χ4v) is 2.75. The SMILES string of the molecule is c1cc(NCC2CCCC2)c2ccncc2c1. The van der Waals surface area contributed by atoms with Gasteiger partial charge in [-0.15, -0.1) is 0 Å². The first kappa shape index (κ1) is 10.6. The number of hydrogen-bond acceptors (Lipinski definition) is 2. The van der Waals surface area contributed by atoms with Gasteiger partial charge in [-0.05, 0) is 30.9 Å². The van der Waals surface area contributed by atoms with Crippen molar-refractivity contribution < 1.29 is 0 Å². The molecule has 0 spiro atoms. The Labute approximate surface area is 102 Å². The van der Waals surface area contributed by atoms with Crippen LogP contribution in [0.15, 0.2) is 36.7 Å². The van der Waals surface area contributed by atoms with Crippen LogP contribution in [0.5, 0.6) is 0 Å². The van der Waals surface area contributed by atoms with E-state index in [1.807, 2.05) is 12.4 Å². The molecule has 2 aromatic rings. The van der Waals surface area contributed by atoms with Crippen molar-refractivity contribution in [3.63, 3.8) is 0 Å². The monoisotopic (exact) mass is 226 g/mol. The highest BCUT2D eigenvalue weighted by molar-refractivity contribution is 5.93. The van der Waals surface area contributed by atoms with E-state index in [9.17, 15) is 0 Å². The molecule has 0 radical (unpaired) electrons. The number of anilines is 1. The van der Waals surface area contributed by atoms with Crippen molar-refractivity contribution in [2.45, 2.75) is 25.7 Å². The van der Waals surface area contributed by atoms with Crippen molar-refractivity contribution >= 4 is 16.5 Å². The summed E-state index contributed by atoms with van der Waals surface area (Å²) in [6.07, 6.45) is 9.38. The van der Waals surface area contributed by atoms with Gasteiger partial charge in [0.05, 0.1) is 0 Å². The van der Waals surface area contributed by atoms with Crippen molar-refractivity contribution in [1.29, 1.82) is 0 Å². The Hall–Kier alpha value is -1.57. The van der Waals surface area contributed by atoms with E-state index in [-0.39, 0.29) is 0 Å². The lowest BCUT2D eigenvalue weighted by molar-refractivity contribution is 0.580. The van der Waals surface area contributed by atoms with Crippen LogP contribution in [0.1, 0.15) is 25.7 Å². The lowest BCUT2D eigenvalue weighted by atomic mass is 10.1. The summed E-state index contributed by atoms with van der Waals surface area (Å²) in [5.41, 5.74) is 1.25. The summed E-state index contributed by atoms with van der Waals surface area (Å²) in [5, 5.41) is 6.09. The van der Waals surface area contributed by atoms with E-state index in [4.69, 9.17) is 0 Å². The summed E-state index contributed by atoms with van der Waals surface area (Å²) < 4.78 is 0. The highest BCUT2D eigenvalue weighted by Gasteiger charge is 2.14. The molecule has 17 heavy (non-hydrogen) atoms. The molecule has 3 rings (SSSR count). The number of hydrogen-bond donors (Lipinski definition) is 1. The Bertz CT molecular complexity index is 496. The van der Waals surface area contributed by atoms with Crippen molar-refractivity contribution in [2.24, 2.45) is 5.92 Å². The van der Waals surface area contributed by atoms with E-state index < -0.39 is 0 Å². The molecule has 1 aromatic heterocycles. The lowest BCUT2D eigenvalue weighted by Crippen LogP contribution is -2.11. The molecule has 1 aliphatic carbocycles. The molecule has 0 atom stereocenters. The second-order valence-electron chi connectivity index (χ2n) is 4.93. The standard InChI is InChI=1S/C15H18N2/c1-2-5-12(4-1)10-17-15-7-3-6-13-11-16-9-8-14(13)15/h3,6-9,11-12,17H,1-2,4-5,10H2. The zero-order chi connectivity index (χ0) is 11.5. The fourth-order valence-electron chi connectivity index (χ4n) is 2.75. The van der Waals surface area contributed by atoms with Gasteiger partial charge in [0.25, 0.3) is 0 Å². The van der Waals surface area contributed by atoms with Gasteiger partial charge < -0.3 is 5.32 Å². The first-order chi connectivity index (χ1) is 8.43. The van der Waals surface area contributed by atoms with Gasteiger partial charge in [0.2, 0.25) is 0 Å². The Morgan fingerprint density at radius 3 is 2.94 bits per heavy atom. The minimum absolute atomic E-state index is 0.868. The summed E-state index contributed by atoms with van der Waals surface area (Å²) in [6, 6.07) is 8.47. The zero-order valence-corrected chi connectivity index (χ0v) is 10.0. The first-order valence-corrected chi connectivity index (χ1v) is 6.50. The maximum atomic E-state index is 4.16. The first-order valence-electron chi connectivity index (χ1n) is 6.50. The van der Waals surface area contributed by atoms with Crippen LogP contribution in [0.3, 0.4) is 0 Å². The second kappa shape index (κ2) is 4.74. The molecule has 1 N–H and O–H groups in total. The minimum atomic E-state index is 0.868. The number of nitrogens with zero attached hydrogens (tertiary/aromatic N) is 1. The van der Waals surface area contributed by atoms with Gasteiger partial charge in [0, 0.05) is 35.4 Å². The van der Waals surface area contributed by atoms with Crippen LogP contribution < -0.4 is 5.32 Å². The summed E-state index contributed by atoms with van der Waals surface area (Å²) in [7, 11) is 0. The topological polar surface area (TPSA) is 24.9 Å². The maximum absolute atomic E-state index is 4.16. The number of rotatable bonds is 3. The third kappa shape index (κ3) is 2.26. The van der Waals surface area contributed by atoms with Gasteiger partial charge in [-0.3, -0.25) is 4.98 Å². The predicted octanol–water partition coefficient (Wildman–Crippen LogP) is 3.84. The van der Waals surface area contributed by atoms with Gasteiger partial charge in [-0.25, -0.2) is 0 Å². The molecule has 0 bridgehead atoms. The Morgan fingerprint density at radius 1 is 1.18 bits per heavy atom. The Morgan fingerprint density at radius 2 is 2.06 bits per heavy atom. The quantitative estimate of drug-likeness (QED) is 0.860. The van der Waals surface area contributed by atoms with Crippen molar-refractivity contribution in [3.05, 3.63) is 36.7 Å². The zero-order valence-electron chi connectivity index (χ0n) is 10.0. The normalized spacial score (nSPS) is 16.5. The van der Waals surface area contributed by atoms with Crippen molar-refractivity contribution in [1.82, 2.24) is 4.98 Å². The lowest BCUT2D eigenvalue weighted by Gasteiger charge is -2.13.